The molecule has 84 valence electrons. The van der Waals surface area contributed by atoms with Crippen molar-refractivity contribution in [1.82, 2.24) is 4.90 Å². The van der Waals surface area contributed by atoms with Crippen LogP contribution in [0, 0.1) is 3.57 Å². The molecule has 0 N–H and O–H groups in total. The lowest BCUT2D eigenvalue weighted by atomic mass is 10.2. The zero-order valence-electron chi connectivity index (χ0n) is 9.67. The van der Waals surface area contributed by atoms with E-state index in [1.807, 2.05) is 0 Å². The summed E-state index contributed by atoms with van der Waals surface area (Å²) in [5.74, 6) is 0. The van der Waals surface area contributed by atoms with E-state index in [1.165, 1.54) is 35.1 Å². The van der Waals surface area contributed by atoms with E-state index in [2.05, 4.69) is 65.6 Å². The normalized spacial score (nSPS) is 10.9. The summed E-state index contributed by atoms with van der Waals surface area (Å²) in [6.45, 7) is 8.01. The highest BCUT2D eigenvalue weighted by Crippen LogP contribution is 2.09. The van der Waals surface area contributed by atoms with Gasteiger partial charge in [0, 0.05) is 10.1 Å². The molecule has 0 aliphatic rings. The highest BCUT2D eigenvalue weighted by atomic mass is 127. The maximum absolute atomic E-state index is 2.53. The van der Waals surface area contributed by atoms with Crippen LogP contribution in [-0.2, 0) is 6.54 Å². The van der Waals surface area contributed by atoms with Crippen LogP contribution in [0.3, 0.4) is 0 Å². The molecule has 0 aliphatic heterocycles. The summed E-state index contributed by atoms with van der Waals surface area (Å²) in [6, 6.07) is 8.85. The zero-order chi connectivity index (χ0) is 11.1. The van der Waals surface area contributed by atoms with Crippen LogP contribution in [0.5, 0.6) is 0 Å². The van der Waals surface area contributed by atoms with E-state index in [0.29, 0.717) is 0 Å². The van der Waals surface area contributed by atoms with Crippen LogP contribution in [0.1, 0.15) is 32.3 Å². The Hall–Kier alpha value is -0.0900. The number of halogens is 1. The molecular formula is C13H20IN. The Labute approximate surface area is 107 Å². The average molecular weight is 317 g/mol. The van der Waals surface area contributed by atoms with Gasteiger partial charge in [-0.05, 0) is 66.2 Å². The second-order valence-corrected chi connectivity index (χ2v) is 5.15. The van der Waals surface area contributed by atoms with Crippen LogP contribution in [-0.4, -0.2) is 18.0 Å². The van der Waals surface area contributed by atoms with E-state index < -0.39 is 0 Å². The molecule has 0 aromatic heterocycles. The molecule has 0 atom stereocenters. The first kappa shape index (κ1) is 13.0. The lowest BCUT2D eigenvalue weighted by Crippen LogP contribution is -2.24. The van der Waals surface area contributed by atoms with Gasteiger partial charge in [0.25, 0.3) is 0 Å². The van der Waals surface area contributed by atoms with Crippen LogP contribution in [0.15, 0.2) is 24.3 Å². The molecule has 1 aromatic rings. The first-order valence-electron chi connectivity index (χ1n) is 5.73. The Balaban J connectivity index is 2.53. The molecule has 0 spiro atoms. The lowest BCUT2D eigenvalue weighted by molar-refractivity contribution is 0.266. The molecule has 0 bridgehead atoms. The molecule has 0 radical (unpaired) electrons. The second-order valence-electron chi connectivity index (χ2n) is 3.90. The first-order valence-corrected chi connectivity index (χ1v) is 6.81. The molecule has 1 nitrogen and oxygen atoms in total. The van der Waals surface area contributed by atoms with Crippen molar-refractivity contribution in [2.75, 3.05) is 13.1 Å². The Morgan fingerprint density at radius 2 is 1.53 bits per heavy atom. The molecule has 0 heterocycles. The second kappa shape index (κ2) is 7.23. The molecule has 2 heteroatoms. The summed E-state index contributed by atoms with van der Waals surface area (Å²) < 4.78 is 1.31. The molecule has 0 saturated carbocycles. The SMILES string of the molecule is CCCN(CCC)Cc1ccc(I)cc1. The summed E-state index contributed by atoms with van der Waals surface area (Å²) in [4.78, 5) is 2.53. The number of rotatable bonds is 6. The maximum Gasteiger partial charge on any atom is 0.0233 e. The molecular weight excluding hydrogens is 297 g/mol. The van der Waals surface area contributed by atoms with Gasteiger partial charge in [0.05, 0.1) is 0 Å². The molecule has 0 fully saturated rings. The zero-order valence-corrected chi connectivity index (χ0v) is 11.8. The highest BCUT2D eigenvalue weighted by molar-refractivity contribution is 14.1. The standard InChI is InChI=1S/C13H20IN/c1-3-9-15(10-4-2)11-12-5-7-13(14)8-6-12/h5-8H,3-4,9-11H2,1-2H3. The van der Waals surface area contributed by atoms with Gasteiger partial charge in [-0.1, -0.05) is 26.0 Å². The van der Waals surface area contributed by atoms with E-state index in [9.17, 15) is 0 Å². The molecule has 0 amide bonds. The van der Waals surface area contributed by atoms with Crippen LogP contribution in [0.2, 0.25) is 0 Å². The highest BCUT2D eigenvalue weighted by Gasteiger charge is 2.03. The summed E-state index contributed by atoms with van der Waals surface area (Å²) in [5.41, 5.74) is 1.43. The van der Waals surface area contributed by atoms with Crippen molar-refractivity contribution in [3.8, 4) is 0 Å². The van der Waals surface area contributed by atoms with Crippen molar-refractivity contribution in [3.05, 3.63) is 33.4 Å². The summed E-state index contributed by atoms with van der Waals surface area (Å²) in [6.07, 6.45) is 2.48. The fraction of sp³-hybridized carbons (Fsp3) is 0.538. The Bertz CT molecular complexity index is 262. The van der Waals surface area contributed by atoms with Crippen LogP contribution in [0.25, 0.3) is 0 Å². The van der Waals surface area contributed by atoms with Gasteiger partial charge < -0.3 is 0 Å². The van der Waals surface area contributed by atoms with E-state index in [-0.39, 0.29) is 0 Å². The van der Waals surface area contributed by atoms with Crippen LogP contribution < -0.4 is 0 Å². The van der Waals surface area contributed by atoms with Gasteiger partial charge in [-0.2, -0.15) is 0 Å². The van der Waals surface area contributed by atoms with Gasteiger partial charge in [-0.25, -0.2) is 0 Å². The van der Waals surface area contributed by atoms with Gasteiger partial charge in [0.2, 0.25) is 0 Å². The van der Waals surface area contributed by atoms with Gasteiger partial charge in [0.15, 0.2) is 0 Å². The largest absolute Gasteiger partial charge is 0.299 e. The average Bonchev–Trinajstić information content (AvgIpc) is 2.22. The van der Waals surface area contributed by atoms with Crippen LogP contribution in [0.4, 0.5) is 0 Å². The third kappa shape index (κ3) is 4.98. The number of benzene rings is 1. The fourth-order valence-electron chi connectivity index (χ4n) is 1.75. The molecule has 0 unspecified atom stereocenters. The predicted octanol–water partition coefficient (Wildman–Crippen LogP) is 3.91. The molecule has 15 heavy (non-hydrogen) atoms. The van der Waals surface area contributed by atoms with Crippen molar-refractivity contribution in [3.63, 3.8) is 0 Å². The lowest BCUT2D eigenvalue weighted by Gasteiger charge is -2.20. The Kier molecular flexibility index (Phi) is 6.25. The monoisotopic (exact) mass is 317 g/mol. The third-order valence-electron chi connectivity index (χ3n) is 2.40. The topological polar surface area (TPSA) is 3.24 Å². The summed E-state index contributed by atoms with van der Waals surface area (Å²) in [7, 11) is 0. The van der Waals surface area contributed by atoms with Crippen molar-refractivity contribution < 1.29 is 0 Å². The number of hydrogen-bond acceptors (Lipinski definition) is 1. The van der Waals surface area contributed by atoms with Crippen molar-refractivity contribution in [2.45, 2.75) is 33.2 Å². The molecule has 0 aliphatic carbocycles. The van der Waals surface area contributed by atoms with Crippen molar-refractivity contribution >= 4 is 22.6 Å². The smallest absolute Gasteiger partial charge is 0.0233 e. The third-order valence-corrected chi connectivity index (χ3v) is 3.12. The van der Waals surface area contributed by atoms with E-state index in [0.717, 1.165) is 6.54 Å². The van der Waals surface area contributed by atoms with Crippen molar-refractivity contribution in [2.24, 2.45) is 0 Å². The Morgan fingerprint density at radius 1 is 1.00 bits per heavy atom. The van der Waals surface area contributed by atoms with Crippen LogP contribution >= 0.6 is 22.6 Å². The Morgan fingerprint density at radius 3 is 2.00 bits per heavy atom. The number of nitrogens with zero attached hydrogens (tertiary/aromatic N) is 1. The minimum absolute atomic E-state index is 1.10. The molecule has 1 aromatic carbocycles. The van der Waals surface area contributed by atoms with Gasteiger partial charge in [0.1, 0.15) is 0 Å². The minimum Gasteiger partial charge on any atom is -0.299 e. The van der Waals surface area contributed by atoms with Gasteiger partial charge in [-0.15, -0.1) is 0 Å². The van der Waals surface area contributed by atoms with Gasteiger partial charge >= 0.3 is 0 Å². The summed E-state index contributed by atoms with van der Waals surface area (Å²) >= 11 is 2.35. The number of hydrogen-bond donors (Lipinski definition) is 0. The van der Waals surface area contributed by atoms with E-state index in [1.54, 1.807) is 0 Å². The van der Waals surface area contributed by atoms with E-state index in [4.69, 9.17) is 0 Å². The van der Waals surface area contributed by atoms with Crippen molar-refractivity contribution in [1.29, 1.82) is 0 Å². The maximum atomic E-state index is 2.53. The minimum atomic E-state index is 1.10. The fourth-order valence-corrected chi connectivity index (χ4v) is 2.11. The molecule has 1 rings (SSSR count). The van der Waals surface area contributed by atoms with E-state index >= 15 is 0 Å². The predicted molar refractivity (Wildman–Crippen MR) is 75.0 cm³/mol. The summed E-state index contributed by atoms with van der Waals surface area (Å²) in [5, 5.41) is 0. The quantitative estimate of drug-likeness (QED) is 0.719. The first-order chi connectivity index (χ1) is 7.26. The van der Waals surface area contributed by atoms with Gasteiger partial charge in [-0.3, -0.25) is 4.90 Å². The molecule has 0 saturated heterocycles.